The van der Waals surface area contributed by atoms with Crippen LogP contribution in [-0.4, -0.2) is 15.0 Å². The number of hydrogen-bond donors (Lipinski definition) is 0. The maximum atomic E-state index is 9.51. The van der Waals surface area contributed by atoms with E-state index in [0.717, 1.165) is 44.5 Å². The molecule has 4 nitrogen and oxygen atoms in total. The molecule has 0 unspecified atom stereocenters. The SMILES string of the molecule is N#Cc1ccc(-c2ccc3c(c2)-c2cc(-c4nc(-c5ccccc5)nc(-c5ccc(-c6ccccc6)cc5)n4)ccc2C32c3ccccc3Sc3ccccc32)cc1. The lowest BCUT2D eigenvalue weighted by molar-refractivity contribution is 0.722. The van der Waals surface area contributed by atoms with Crippen molar-refractivity contribution in [3.63, 3.8) is 0 Å². The second kappa shape index (κ2) is 13.7. The molecule has 1 aromatic heterocycles. The topological polar surface area (TPSA) is 62.5 Å². The van der Waals surface area contributed by atoms with Gasteiger partial charge in [-0.1, -0.05) is 169 Å². The summed E-state index contributed by atoms with van der Waals surface area (Å²) < 4.78 is 0. The highest BCUT2D eigenvalue weighted by molar-refractivity contribution is 7.99. The first-order chi connectivity index (χ1) is 28.7. The van der Waals surface area contributed by atoms with E-state index >= 15 is 0 Å². The molecule has 0 N–H and O–H groups in total. The predicted molar refractivity (Wildman–Crippen MR) is 233 cm³/mol. The molecule has 0 amide bonds. The molecule has 0 atom stereocenters. The Morgan fingerprint density at radius 2 is 0.759 bits per heavy atom. The van der Waals surface area contributed by atoms with Gasteiger partial charge in [0.1, 0.15) is 0 Å². The van der Waals surface area contributed by atoms with Crippen LogP contribution in [0.15, 0.2) is 204 Å². The van der Waals surface area contributed by atoms with Gasteiger partial charge in [0.2, 0.25) is 0 Å². The highest BCUT2D eigenvalue weighted by Gasteiger charge is 2.50. The molecule has 1 spiro atoms. The van der Waals surface area contributed by atoms with Crippen LogP contribution in [0.4, 0.5) is 0 Å². The van der Waals surface area contributed by atoms with E-state index in [0.29, 0.717) is 23.0 Å². The molecule has 9 aromatic rings. The number of benzene rings is 8. The number of aromatic nitrogens is 3. The summed E-state index contributed by atoms with van der Waals surface area (Å²) in [5.74, 6) is 1.86. The first-order valence-electron chi connectivity index (χ1n) is 19.3. The van der Waals surface area contributed by atoms with Crippen LogP contribution in [0.3, 0.4) is 0 Å². The third kappa shape index (κ3) is 5.42. The maximum Gasteiger partial charge on any atom is 0.164 e. The summed E-state index contributed by atoms with van der Waals surface area (Å²) in [7, 11) is 0. The van der Waals surface area contributed by atoms with Crippen molar-refractivity contribution < 1.29 is 0 Å². The van der Waals surface area contributed by atoms with Crippen LogP contribution >= 0.6 is 11.8 Å². The van der Waals surface area contributed by atoms with Crippen LogP contribution in [0.1, 0.15) is 27.8 Å². The normalized spacial score (nSPS) is 12.9. The Morgan fingerprint density at radius 1 is 0.362 bits per heavy atom. The van der Waals surface area contributed by atoms with Crippen LogP contribution in [0, 0.1) is 11.3 Å². The Bertz CT molecular complexity index is 3030. The fourth-order valence-corrected chi connectivity index (χ4v) is 9.95. The third-order valence-electron chi connectivity index (χ3n) is 11.5. The molecule has 0 bridgehead atoms. The Kier molecular flexibility index (Phi) is 7.99. The number of nitrogens with zero attached hydrogens (tertiary/aromatic N) is 4. The number of nitriles is 1. The second-order valence-electron chi connectivity index (χ2n) is 14.7. The van der Waals surface area contributed by atoms with Crippen molar-refractivity contribution in [3.8, 4) is 73.6 Å². The van der Waals surface area contributed by atoms with Gasteiger partial charge in [-0.05, 0) is 92.0 Å². The van der Waals surface area contributed by atoms with Gasteiger partial charge in [-0.25, -0.2) is 15.0 Å². The number of rotatable bonds is 5. The molecule has 1 aliphatic carbocycles. The maximum absolute atomic E-state index is 9.51. The van der Waals surface area contributed by atoms with E-state index in [2.05, 4.69) is 140 Å². The van der Waals surface area contributed by atoms with Crippen molar-refractivity contribution in [1.82, 2.24) is 15.0 Å². The van der Waals surface area contributed by atoms with Gasteiger partial charge < -0.3 is 0 Å². The smallest absolute Gasteiger partial charge is 0.164 e. The Morgan fingerprint density at radius 3 is 1.34 bits per heavy atom. The second-order valence-corrected chi connectivity index (χ2v) is 15.8. The van der Waals surface area contributed by atoms with Crippen LogP contribution in [0.2, 0.25) is 0 Å². The standard InChI is InChI=1S/C53H32N4S/c54-33-34-19-21-37(22-20-34)40-27-29-44-42(31-40)43-32-41(28-30-45(43)53(44)46-15-7-9-17-48(46)58-49-18-10-8-16-47(49)53)52-56-50(38-13-5-2-6-14-38)55-51(57-52)39-25-23-36(24-26-39)35-11-3-1-4-12-35/h1-32H. The summed E-state index contributed by atoms with van der Waals surface area (Å²) in [5, 5.41) is 9.51. The molecular weight excluding hydrogens is 725 g/mol. The highest BCUT2D eigenvalue weighted by Crippen LogP contribution is 2.62. The quantitative estimate of drug-likeness (QED) is 0.175. The molecule has 2 aliphatic rings. The summed E-state index contributed by atoms with van der Waals surface area (Å²) in [6, 6.07) is 70.4. The first-order valence-corrected chi connectivity index (χ1v) is 20.1. The molecule has 0 saturated heterocycles. The minimum atomic E-state index is -0.523. The molecule has 8 aromatic carbocycles. The van der Waals surface area contributed by atoms with Gasteiger partial charge in [-0.3, -0.25) is 0 Å². The summed E-state index contributed by atoms with van der Waals surface area (Å²) in [6.07, 6.45) is 0. The Balaban J connectivity index is 1.13. The van der Waals surface area contributed by atoms with E-state index in [4.69, 9.17) is 15.0 Å². The van der Waals surface area contributed by atoms with Crippen LogP contribution in [-0.2, 0) is 5.41 Å². The molecule has 0 radical (unpaired) electrons. The van der Waals surface area contributed by atoms with Crippen molar-refractivity contribution in [1.29, 1.82) is 5.26 Å². The van der Waals surface area contributed by atoms with Crippen LogP contribution < -0.4 is 0 Å². The van der Waals surface area contributed by atoms with Gasteiger partial charge in [0.05, 0.1) is 17.0 Å². The number of fused-ring (bicyclic) bond motifs is 9. The van der Waals surface area contributed by atoms with E-state index in [1.807, 2.05) is 72.4 Å². The van der Waals surface area contributed by atoms with E-state index in [1.165, 1.54) is 37.6 Å². The molecule has 11 rings (SSSR count). The van der Waals surface area contributed by atoms with Crippen molar-refractivity contribution >= 4 is 11.8 Å². The average molecular weight is 757 g/mol. The van der Waals surface area contributed by atoms with Gasteiger partial charge in [0.15, 0.2) is 17.5 Å². The van der Waals surface area contributed by atoms with Gasteiger partial charge in [-0.2, -0.15) is 5.26 Å². The molecular formula is C53H32N4S. The summed E-state index contributed by atoms with van der Waals surface area (Å²) >= 11 is 1.84. The zero-order valence-electron chi connectivity index (χ0n) is 31.2. The largest absolute Gasteiger partial charge is 0.208 e. The zero-order valence-corrected chi connectivity index (χ0v) is 32.0. The van der Waals surface area contributed by atoms with Gasteiger partial charge in [0.25, 0.3) is 0 Å². The minimum absolute atomic E-state index is 0.523. The summed E-state index contributed by atoms with van der Waals surface area (Å²) in [4.78, 5) is 17.9. The van der Waals surface area contributed by atoms with Crippen molar-refractivity contribution in [2.75, 3.05) is 0 Å². The fourth-order valence-electron chi connectivity index (χ4n) is 8.76. The van der Waals surface area contributed by atoms with Crippen LogP contribution in [0.25, 0.3) is 67.5 Å². The summed E-state index contributed by atoms with van der Waals surface area (Å²) in [6.45, 7) is 0. The first kappa shape index (κ1) is 33.9. The van der Waals surface area contributed by atoms with Crippen molar-refractivity contribution in [2.45, 2.75) is 15.2 Å². The third-order valence-corrected chi connectivity index (χ3v) is 12.6. The lowest BCUT2D eigenvalue weighted by atomic mass is 9.67. The van der Waals surface area contributed by atoms with E-state index in [9.17, 15) is 5.26 Å². The molecule has 1 aliphatic heterocycles. The number of hydrogen-bond acceptors (Lipinski definition) is 5. The molecule has 0 saturated carbocycles. The Hall–Kier alpha value is -7.39. The monoisotopic (exact) mass is 756 g/mol. The average Bonchev–Trinajstić information content (AvgIpc) is 3.59. The molecule has 58 heavy (non-hydrogen) atoms. The summed E-state index contributed by atoms with van der Waals surface area (Å²) in [5.41, 5.74) is 14.7. The molecule has 2 heterocycles. The Labute approximate surface area is 341 Å². The van der Waals surface area contributed by atoms with Crippen LogP contribution in [0.5, 0.6) is 0 Å². The predicted octanol–water partition coefficient (Wildman–Crippen LogP) is 12.9. The van der Waals surface area contributed by atoms with E-state index < -0.39 is 5.41 Å². The lowest BCUT2D eigenvalue weighted by Crippen LogP contribution is -2.31. The van der Waals surface area contributed by atoms with Gasteiger partial charge >= 0.3 is 0 Å². The molecule has 0 fully saturated rings. The molecule has 270 valence electrons. The molecule has 5 heteroatoms. The van der Waals surface area contributed by atoms with Gasteiger partial charge in [0, 0.05) is 26.5 Å². The highest BCUT2D eigenvalue weighted by atomic mass is 32.2. The minimum Gasteiger partial charge on any atom is -0.208 e. The van der Waals surface area contributed by atoms with Crippen molar-refractivity contribution in [2.24, 2.45) is 0 Å². The fraction of sp³-hybridized carbons (Fsp3) is 0.0189. The van der Waals surface area contributed by atoms with Crippen molar-refractivity contribution in [3.05, 3.63) is 222 Å². The lowest BCUT2D eigenvalue weighted by Gasteiger charge is -2.39. The van der Waals surface area contributed by atoms with E-state index in [1.54, 1.807) is 0 Å². The zero-order chi connectivity index (χ0) is 38.6. The van der Waals surface area contributed by atoms with Gasteiger partial charge in [-0.15, -0.1) is 0 Å². The van der Waals surface area contributed by atoms with E-state index in [-0.39, 0.29) is 0 Å².